The number of nitrogens with zero attached hydrogens (tertiary/aromatic N) is 3. The van der Waals surface area contributed by atoms with Crippen LogP contribution in [0.15, 0.2) is 58.3 Å². The predicted molar refractivity (Wildman–Crippen MR) is 84.4 cm³/mol. The van der Waals surface area contributed by atoms with Gasteiger partial charge in [-0.05, 0) is 60.8 Å². The molecule has 3 rings (SSSR count). The number of hydrogen-bond acceptors (Lipinski definition) is 4. The van der Waals surface area contributed by atoms with Gasteiger partial charge < -0.3 is 4.42 Å². The average Bonchev–Trinajstić information content (AvgIpc) is 3.15. The Morgan fingerprint density at radius 1 is 1.27 bits per heavy atom. The number of H-pyrrole nitrogens is 1. The van der Waals surface area contributed by atoms with Crippen LogP contribution in [0, 0.1) is 10.6 Å². The van der Waals surface area contributed by atoms with Crippen LogP contribution in [0.25, 0.3) is 17.5 Å². The highest BCUT2D eigenvalue weighted by Gasteiger charge is 2.07. The van der Waals surface area contributed by atoms with Gasteiger partial charge in [0, 0.05) is 11.8 Å². The lowest BCUT2D eigenvalue weighted by Crippen LogP contribution is -1.93. The van der Waals surface area contributed by atoms with Crippen molar-refractivity contribution in [2.75, 3.05) is 0 Å². The van der Waals surface area contributed by atoms with Gasteiger partial charge in [0.1, 0.15) is 11.6 Å². The van der Waals surface area contributed by atoms with Crippen molar-refractivity contribution in [3.05, 3.63) is 65.1 Å². The maximum Gasteiger partial charge on any atom is 0.216 e. The minimum Gasteiger partial charge on any atom is -0.465 e. The lowest BCUT2D eigenvalue weighted by molar-refractivity contribution is 0.557. The van der Waals surface area contributed by atoms with Crippen molar-refractivity contribution >= 4 is 24.5 Å². The summed E-state index contributed by atoms with van der Waals surface area (Å²) >= 11 is 5.14. The fourth-order valence-corrected chi connectivity index (χ4v) is 1.99. The zero-order chi connectivity index (χ0) is 15.4. The van der Waals surface area contributed by atoms with Crippen molar-refractivity contribution in [3.63, 3.8) is 0 Å². The second-order valence-corrected chi connectivity index (χ2v) is 4.70. The van der Waals surface area contributed by atoms with E-state index in [-0.39, 0.29) is 5.82 Å². The molecule has 0 aliphatic carbocycles. The van der Waals surface area contributed by atoms with E-state index in [1.54, 1.807) is 42.8 Å². The molecule has 3 aromatic rings. The van der Waals surface area contributed by atoms with E-state index in [4.69, 9.17) is 16.6 Å². The number of aromatic amines is 1. The van der Waals surface area contributed by atoms with Gasteiger partial charge in [-0.15, -0.1) is 0 Å². The molecule has 0 bridgehead atoms. The lowest BCUT2D eigenvalue weighted by atomic mass is 10.2. The van der Waals surface area contributed by atoms with E-state index in [1.165, 1.54) is 16.8 Å². The molecule has 1 N–H and O–H groups in total. The Balaban J connectivity index is 1.86. The van der Waals surface area contributed by atoms with Crippen LogP contribution in [0.1, 0.15) is 5.76 Å². The smallest absolute Gasteiger partial charge is 0.216 e. The normalized spacial score (nSPS) is 11.7. The highest BCUT2D eigenvalue weighted by atomic mass is 32.1. The van der Waals surface area contributed by atoms with E-state index in [1.807, 2.05) is 6.07 Å². The summed E-state index contributed by atoms with van der Waals surface area (Å²) in [5, 5.41) is 11.0. The first-order chi connectivity index (χ1) is 10.7. The molecular weight excluding hydrogens is 303 g/mol. The Kier molecular flexibility index (Phi) is 4.06. The summed E-state index contributed by atoms with van der Waals surface area (Å²) in [5.41, 5.74) is 0.709. The van der Waals surface area contributed by atoms with E-state index in [0.29, 0.717) is 16.2 Å². The Morgan fingerprint density at radius 2 is 2.09 bits per heavy atom. The molecule has 7 heteroatoms. The topological polar surface area (TPSA) is 59.1 Å². The Labute approximate surface area is 130 Å². The maximum absolute atomic E-state index is 13.0. The molecule has 110 valence electrons. The van der Waals surface area contributed by atoms with Crippen molar-refractivity contribution in [2.45, 2.75) is 0 Å². The number of nitrogens with one attached hydrogen (secondary N) is 1. The first kappa shape index (κ1) is 14.2. The van der Waals surface area contributed by atoms with Crippen molar-refractivity contribution in [2.24, 2.45) is 5.10 Å². The summed E-state index contributed by atoms with van der Waals surface area (Å²) in [4.78, 5) is 0. The molecule has 0 saturated heterocycles. The Morgan fingerprint density at radius 3 is 2.82 bits per heavy atom. The van der Waals surface area contributed by atoms with E-state index in [9.17, 15) is 4.39 Å². The number of hydrogen-bond donors (Lipinski definition) is 1. The second-order valence-electron chi connectivity index (χ2n) is 4.31. The highest BCUT2D eigenvalue weighted by molar-refractivity contribution is 7.71. The van der Waals surface area contributed by atoms with Crippen LogP contribution < -0.4 is 0 Å². The van der Waals surface area contributed by atoms with E-state index in [2.05, 4.69) is 15.3 Å². The molecule has 2 aromatic heterocycles. The number of halogens is 1. The molecule has 5 nitrogen and oxygen atoms in total. The van der Waals surface area contributed by atoms with Gasteiger partial charge in [0.25, 0.3) is 0 Å². The summed E-state index contributed by atoms with van der Waals surface area (Å²) in [6.45, 7) is 0. The molecule has 0 unspecified atom stereocenters. The zero-order valence-corrected chi connectivity index (χ0v) is 12.1. The maximum atomic E-state index is 13.0. The van der Waals surface area contributed by atoms with Crippen LogP contribution in [-0.4, -0.2) is 21.1 Å². The molecule has 0 radical (unpaired) electrons. The first-order valence-corrected chi connectivity index (χ1v) is 6.83. The van der Waals surface area contributed by atoms with E-state index < -0.39 is 0 Å². The SMILES string of the molecule is Fc1ccc(-c2n[nH]c(=S)n2/N=C\C=C\c2ccco2)cc1. The van der Waals surface area contributed by atoms with Gasteiger partial charge in [0.05, 0.1) is 6.26 Å². The molecule has 0 atom stereocenters. The quantitative estimate of drug-likeness (QED) is 0.587. The van der Waals surface area contributed by atoms with E-state index in [0.717, 1.165) is 5.76 Å². The van der Waals surface area contributed by atoms with E-state index >= 15 is 0 Å². The van der Waals surface area contributed by atoms with Crippen LogP contribution >= 0.6 is 12.2 Å². The zero-order valence-electron chi connectivity index (χ0n) is 11.3. The van der Waals surface area contributed by atoms with Crippen molar-refractivity contribution in [3.8, 4) is 11.4 Å². The van der Waals surface area contributed by atoms with Crippen LogP contribution in [0.3, 0.4) is 0 Å². The third-order valence-electron chi connectivity index (χ3n) is 2.82. The number of rotatable bonds is 4. The van der Waals surface area contributed by atoms with Crippen LogP contribution in [-0.2, 0) is 0 Å². The van der Waals surface area contributed by atoms with Gasteiger partial charge in [-0.3, -0.25) is 0 Å². The summed E-state index contributed by atoms with van der Waals surface area (Å²) < 4.78 is 20.0. The van der Waals surface area contributed by atoms with Crippen molar-refractivity contribution in [1.29, 1.82) is 0 Å². The molecule has 0 aliphatic rings. The number of aromatic nitrogens is 3. The van der Waals surface area contributed by atoms with Crippen LogP contribution in [0.5, 0.6) is 0 Å². The third-order valence-corrected chi connectivity index (χ3v) is 3.09. The van der Waals surface area contributed by atoms with Gasteiger partial charge in [-0.1, -0.05) is 0 Å². The van der Waals surface area contributed by atoms with Crippen LogP contribution in [0.2, 0.25) is 0 Å². The van der Waals surface area contributed by atoms with Crippen molar-refractivity contribution in [1.82, 2.24) is 14.9 Å². The molecule has 0 spiro atoms. The Bertz CT molecular complexity index is 860. The predicted octanol–water partition coefficient (Wildman–Crippen LogP) is 3.89. The molecule has 0 fully saturated rings. The molecule has 0 saturated carbocycles. The molecule has 0 amide bonds. The lowest BCUT2D eigenvalue weighted by Gasteiger charge is -1.99. The minimum atomic E-state index is -0.311. The molecule has 1 aromatic carbocycles. The third kappa shape index (κ3) is 3.09. The largest absolute Gasteiger partial charge is 0.465 e. The summed E-state index contributed by atoms with van der Waals surface area (Å²) in [6, 6.07) is 9.58. The van der Waals surface area contributed by atoms with Gasteiger partial charge in [0.15, 0.2) is 5.82 Å². The van der Waals surface area contributed by atoms with Gasteiger partial charge in [-0.25, -0.2) is 9.49 Å². The second kappa shape index (κ2) is 6.31. The van der Waals surface area contributed by atoms with Gasteiger partial charge in [-0.2, -0.15) is 14.9 Å². The fourth-order valence-electron chi connectivity index (χ4n) is 1.81. The highest BCUT2D eigenvalue weighted by Crippen LogP contribution is 2.17. The molecule has 2 heterocycles. The van der Waals surface area contributed by atoms with Crippen molar-refractivity contribution < 1.29 is 8.81 Å². The summed E-state index contributed by atoms with van der Waals surface area (Å²) in [7, 11) is 0. The Hall–Kier alpha value is -2.80. The molecule has 22 heavy (non-hydrogen) atoms. The monoisotopic (exact) mass is 314 g/mol. The van der Waals surface area contributed by atoms with Crippen LogP contribution in [0.4, 0.5) is 4.39 Å². The molecule has 0 aliphatic heterocycles. The fraction of sp³-hybridized carbons (Fsp3) is 0. The minimum absolute atomic E-state index is 0.311. The van der Waals surface area contributed by atoms with Gasteiger partial charge in [0.2, 0.25) is 4.77 Å². The van der Waals surface area contributed by atoms with Gasteiger partial charge >= 0.3 is 0 Å². The standard InChI is InChI=1S/C15H11FN4OS/c16-12-7-5-11(6-8-12)14-18-19-15(22)20(14)17-9-1-3-13-4-2-10-21-13/h1-10H,(H,19,22)/b3-1+,17-9-. The summed E-state index contributed by atoms with van der Waals surface area (Å²) in [5.74, 6) is 0.919. The summed E-state index contributed by atoms with van der Waals surface area (Å²) in [6.07, 6.45) is 6.66. The number of furan rings is 1. The first-order valence-electron chi connectivity index (χ1n) is 6.42. The number of allylic oxidation sites excluding steroid dienone is 1. The molecular formula is C15H11FN4OS. The number of benzene rings is 1. The average molecular weight is 314 g/mol.